The fourth-order valence-corrected chi connectivity index (χ4v) is 4.67. The second kappa shape index (κ2) is 11.6. The molecule has 2 aliphatic rings. The summed E-state index contributed by atoms with van der Waals surface area (Å²) in [4.78, 5) is 10.7. The topological polar surface area (TPSA) is 96.2 Å². The van der Waals surface area contributed by atoms with Crippen molar-refractivity contribution < 1.29 is 29.6 Å². The van der Waals surface area contributed by atoms with E-state index in [0.29, 0.717) is 32.0 Å². The van der Waals surface area contributed by atoms with Gasteiger partial charge in [-0.25, -0.2) is 0 Å². The molecule has 0 radical (unpaired) electrons. The van der Waals surface area contributed by atoms with Crippen LogP contribution in [0.1, 0.15) is 44.1 Å². The lowest BCUT2D eigenvalue weighted by Gasteiger charge is -2.21. The number of aliphatic hydroxyl groups excluding tert-OH is 2. The highest BCUT2D eigenvalue weighted by atomic mass is 16.5. The van der Waals surface area contributed by atoms with E-state index in [0.717, 1.165) is 24.8 Å². The molecule has 1 saturated carbocycles. The molecule has 3 N–H and O–H groups in total. The molecule has 2 fully saturated rings. The molecule has 0 spiro atoms. The average Bonchev–Trinajstić information content (AvgIpc) is 2.89. The molecule has 1 aliphatic heterocycles. The van der Waals surface area contributed by atoms with Gasteiger partial charge in [-0.05, 0) is 43.1 Å². The Hall–Kier alpha value is -1.73. The van der Waals surface area contributed by atoms with Gasteiger partial charge in [0.25, 0.3) is 0 Å². The van der Waals surface area contributed by atoms with Crippen molar-refractivity contribution in [2.24, 2.45) is 17.8 Å². The molecule has 0 bridgehead atoms. The second-order valence-electron chi connectivity index (χ2n) is 8.60. The van der Waals surface area contributed by atoms with Crippen LogP contribution in [0.2, 0.25) is 0 Å². The van der Waals surface area contributed by atoms with Crippen LogP contribution in [0.25, 0.3) is 0 Å². The van der Waals surface area contributed by atoms with E-state index in [9.17, 15) is 15.0 Å². The van der Waals surface area contributed by atoms with Gasteiger partial charge in [-0.3, -0.25) is 4.79 Å². The molecule has 1 aromatic carbocycles. The van der Waals surface area contributed by atoms with Crippen molar-refractivity contribution in [3.8, 4) is 0 Å². The molecule has 3 rings (SSSR count). The van der Waals surface area contributed by atoms with Gasteiger partial charge in [0, 0.05) is 25.4 Å². The first-order valence-electron chi connectivity index (χ1n) is 11.0. The van der Waals surface area contributed by atoms with Crippen LogP contribution in [0.15, 0.2) is 42.5 Å². The fourth-order valence-electron chi connectivity index (χ4n) is 4.67. The summed E-state index contributed by atoms with van der Waals surface area (Å²) in [6, 6.07) is 9.84. The number of aliphatic carboxylic acids is 1. The van der Waals surface area contributed by atoms with Crippen LogP contribution < -0.4 is 0 Å². The minimum atomic E-state index is -0.749. The Morgan fingerprint density at radius 2 is 2.07 bits per heavy atom. The maximum Gasteiger partial charge on any atom is 0.303 e. The molecule has 6 heteroatoms. The third-order valence-electron chi connectivity index (χ3n) is 6.30. The standard InChI is InChI=1S/C24H34O6/c25-19(16-29-14-17-5-2-1-3-6-17)10-12-20-21-11-9-18(7-4-8-24(27)28)15-30-23(21)13-22(20)26/h1-3,5-6,10,12,18-23,25-26H,4,7-9,11,13-16H2,(H,27,28)/t18-,19?,20+,21+,22+,23-/m0/s1. The summed E-state index contributed by atoms with van der Waals surface area (Å²) in [5.74, 6) is -0.163. The first kappa shape index (κ1) is 22.9. The quantitative estimate of drug-likeness (QED) is 0.505. The number of aliphatic hydroxyl groups is 2. The Kier molecular flexibility index (Phi) is 8.88. The first-order chi connectivity index (χ1) is 14.5. The number of fused-ring (bicyclic) bond motifs is 1. The molecule has 1 saturated heterocycles. The molecule has 166 valence electrons. The lowest BCUT2D eigenvalue weighted by atomic mass is 9.86. The van der Waals surface area contributed by atoms with Crippen molar-refractivity contribution >= 4 is 5.97 Å². The predicted molar refractivity (Wildman–Crippen MR) is 113 cm³/mol. The molecule has 6 atom stereocenters. The minimum absolute atomic E-state index is 0.0310. The van der Waals surface area contributed by atoms with Gasteiger partial charge in [-0.15, -0.1) is 0 Å². The number of benzene rings is 1. The van der Waals surface area contributed by atoms with E-state index in [1.807, 2.05) is 36.4 Å². The van der Waals surface area contributed by atoms with E-state index >= 15 is 0 Å². The van der Waals surface area contributed by atoms with Crippen LogP contribution in [0, 0.1) is 17.8 Å². The van der Waals surface area contributed by atoms with Crippen LogP contribution in [0.3, 0.4) is 0 Å². The van der Waals surface area contributed by atoms with Gasteiger partial charge in [-0.2, -0.15) is 0 Å². The van der Waals surface area contributed by atoms with E-state index in [2.05, 4.69) is 0 Å². The molecular formula is C24H34O6. The van der Waals surface area contributed by atoms with E-state index in [-0.39, 0.29) is 31.0 Å². The Bertz CT molecular complexity index is 676. The van der Waals surface area contributed by atoms with Gasteiger partial charge >= 0.3 is 5.97 Å². The van der Waals surface area contributed by atoms with Gasteiger partial charge in [0.05, 0.1) is 31.5 Å². The Balaban J connectivity index is 1.45. The maximum absolute atomic E-state index is 10.7. The monoisotopic (exact) mass is 418 g/mol. The fraction of sp³-hybridized carbons (Fsp3) is 0.625. The predicted octanol–water partition coefficient (Wildman–Crippen LogP) is 3.17. The van der Waals surface area contributed by atoms with Gasteiger partial charge in [0.1, 0.15) is 0 Å². The first-order valence-corrected chi connectivity index (χ1v) is 11.0. The minimum Gasteiger partial charge on any atom is -0.481 e. The Morgan fingerprint density at radius 1 is 1.27 bits per heavy atom. The Morgan fingerprint density at radius 3 is 2.83 bits per heavy atom. The molecule has 30 heavy (non-hydrogen) atoms. The van der Waals surface area contributed by atoms with E-state index < -0.39 is 18.2 Å². The number of rotatable bonds is 10. The number of hydrogen-bond donors (Lipinski definition) is 3. The van der Waals surface area contributed by atoms with Crippen molar-refractivity contribution in [2.45, 2.75) is 63.4 Å². The number of carboxylic acid groups (broad SMARTS) is 1. The number of carbonyl (C=O) groups is 1. The molecule has 1 unspecified atom stereocenters. The van der Waals surface area contributed by atoms with Crippen molar-refractivity contribution in [3.05, 3.63) is 48.0 Å². The third-order valence-corrected chi connectivity index (χ3v) is 6.30. The lowest BCUT2D eigenvalue weighted by Crippen LogP contribution is -2.22. The SMILES string of the molecule is O=C(O)CCC[C@H]1CC[C@@H]2[C@@H](C=CC(O)COCc3ccccc3)[C@H](O)C[C@@H]2OC1. The molecule has 0 amide bonds. The van der Waals surface area contributed by atoms with Crippen molar-refractivity contribution in [1.82, 2.24) is 0 Å². The maximum atomic E-state index is 10.7. The van der Waals surface area contributed by atoms with Crippen LogP contribution in [0.5, 0.6) is 0 Å². The molecule has 6 nitrogen and oxygen atoms in total. The highest BCUT2D eigenvalue weighted by molar-refractivity contribution is 5.66. The van der Waals surface area contributed by atoms with Gasteiger partial charge in [0.15, 0.2) is 0 Å². The molecule has 0 aromatic heterocycles. The molecule has 1 heterocycles. The van der Waals surface area contributed by atoms with Crippen molar-refractivity contribution in [3.63, 3.8) is 0 Å². The zero-order chi connectivity index (χ0) is 21.3. The van der Waals surface area contributed by atoms with Crippen LogP contribution in [-0.2, 0) is 20.9 Å². The summed E-state index contributed by atoms with van der Waals surface area (Å²) >= 11 is 0. The summed E-state index contributed by atoms with van der Waals surface area (Å²) in [5.41, 5.74) is 1.07. The van der Waals surface area contributed by atoms with Crippen molar-refractivity contribution in [1.29, 1.82) is 0 Å². The largest absolute Gasteiger partial charge is 0.481 e. The molecule has 1 aliphatic carbocycles. The Labute approximate surface area is 178 Å². The van der Waals surface area contributed by atoms with E-state index in [1.54, 1.807) is 6.08 Å². The summed E-state index contributed by atoms with van der Waals surface area (Å²) in [5, 5.41) is 29.6. The van der Waals surface area contributed by atoms with Crippen LogP contribution in [0.4, 0.5) is 0 Å². The highest BCUT2D eigenvalue weighted by Crippen LogP contribution is 2.41. The number of carboxylic acids is 1. The highest BCUT2D eigenvalue weighted by Gasteiger charge is 2.43. The van der Waals surface area contributed by atoms with Crippen LogP contribution in [-0.4, -0.2) is 52.8 Å². The van der Waals surface area contributed by atoms with E-state index in [4.69, 9.17) is 14.6 Å². The van der Waals surface area contributed by atoms with Gasteiger partial charge in [-0.1, -0.05) is 42.5 Å². The van der Waals surface area contributed by atoms with Gasteiger partial charge < -0.3 is 24.8 Å². The molecule has 1 aromatic rings. The second-order valence-corrected chi connectivity index (χ2v) is 8.60. The normalized spacial score (nSPS) is 30.1. The summed E-state index contributed by atoms with van der Waals surface area (Å²) in [6.45, 7) is 1.31. The summed E-state index contributed by atoms with van der Waals surface area (Å²) < 4.78 is 11.7. The van der Waals surface area contributed by atoms with E-state index in [1.165, 1.54) is 0 Å². The third kappa shape index (κ3) is 6.91. The lowest BCUT2D eigenvalue weighted by molar-refractivity contribution is -0.137. The van der Waals surface area contributed by atoms with Crippen LogP contribution >= 0.6 is 0 Å². The van der Waals surface area contributed by atoms with Crippen molar-refractivity contribution in [2.75, 3.05) is 13.2 Å². The number of hydrogen-bond acceptors (Lipinski definition) is 5. The average molecular weight is 419 g/mol. The number of ether oxygens (including phenoxy) is 2. The van der Waals surface area contributed by atoms with Gasteiger partial charge in [0.2, 0.25) is 0 Å². The summed E-state index contributed by atoms with van der Waals surface area (Å²) in [7, 11) is 0. The zero-order valence-corrected chi connectivity index (χ0v) is 17.4. The molecular weight excluding hydrogens is 384 g/mol. The smallest absolute Gasteiger partial charge is 0.303 e. The zero-order valence-electron chi connectivity index (χ0n) is 17.4. The summed E-state index contributed by atoms with van der Waals surface area (Å²) in [6.07, 6.45) is 6.83.